The summed E-state index contributed by atoms with van der Waals surface area (Å²) in [6.07, 6.45) is 10.7. The van der Waals surface area contributed by atoms with Gasteiger partial charge in [0.2, 0.25) is 0 Å². The molecule has 0 bridgehead atoms. The summed E-state index contributed by atoms with van der Waals surface area (Å²) in [7, 11) is 2.00. The van der Waals surface area contributed by atoms with Gasteiger partial charge in [-0.25, -0.2) is 19.9 Å². The number of carbonyl (C=O) groups is 2. The molecule has 2 aliphatic heterocycles. The fourth-order valence-corrected chi connectivity index (χ4v) is 9.18. The zero-order valence-corrected chi connectivity index (χ0v) is 33.4. The molecule has 4 aromatic heterocycles. The molecule has 0 saturated carbocycles. The van der Waals surface area contributed by atoms with E-state index < -0.39 is 0 Å². The Labute approximate surface area is 337 Å². The number of hydrogen-bond donors (Lipinski definition) is 4. The van der Waals surface area contributed by atoms with Crippen molar-refractivity contribution in [3.05, 3.63) is 93.4 Å². The van der Waals surface area contributed by atoms with Gasteiger partial charge in [0.25, 0.3) is 11.8 Å². The highest BCUT2D eigenvalue weighted by atomic mass is 35.5. The van der Waals surface area contributed by atoms with Gasteiger partial charge >= 0.3 is 0 Å². The molecule has 0 unspecified atom stereocenters. The quantitative estimate of drug-likeness (QED) is 0.114. The number of piperidine rings is 2. The number of rotatable bonds is 9. The zero-order chi connectivity index (χ0) is 38.3. The molecule has 5 N–H and O–H groups in total. The van der Waals surface area contributed by atoms with E-state index in [1.54, 1.807) is 18.5 Å². The number of nitrogens with two attached hydrogens (primary N) is 1. The van der Waals surface area contributed by atoms with Gasteiger partial charge in [-0.1, -0.05) is 23.2 Å². The van der Waals surface area contributed by atoms with Crippen LogP contribution < -0.4 is 31.5 Å². The number of nitrogens with one attached hydrogen (secondary N) is 3. The first-order valence-corrected chi connectivity index (χ1v) is 20.7. The van der Waals surface area contributed by atoms with Gasteiger partial charge in [-0.15, -0.1) is 22.7 Å². The molecule has 2 amide bonds. The van der Waals surface area contributed by atoms with Crippen molar-refractivity contribution in [1.82, 2.24) is 25.3 Å². The van der Waals surface area contributed by atoms with Crippen molar-refractivity contribution in [2.24, 2.45) is 17.6 Å². The van der Waals surface area contributed by atoms with E-state index in [1.807, 2.05) is 48.1 Å². The summed E-state index contributed by atoms with van der Waals surface area (Å²) in [5, 5.41) is 14.2. The molecule has 2 saturated heterocycles. The number of hydrogen-bond acceptors (Lipinski definition) is 12. The van der Waals surface area contributed by atoms with E-state index >= 15 is 0 Å². The Morgan fingerprint density at radius 2 is 1.20 bits per heavy atom. The summed E-state index contributed by atoms with van der Waals surface area (Å²) in [4.78, 5) is 47.0. The van der Waals surface area contributed by atoms with Gasteiger partial charge in [0, 0.05) is 59.4 Å². The number of benzene rings is 2. The maximum atomic E-state index is 12.9. The van der Waals surface area contributed by atoms with Crippen LogP contribution in [0.25, 0.3) is 20.4 Å². The van der Waals surface area contributed by atoms with Crippen molar-refractivity contribution in [2.45, 2.75) is 25.7 Å². The van der Waals surface area contributed by atoms with Crippen molar-refractivity contribution >= 4 is 101 Å². The molecule has 12 nitrogen and oxygen atoms in total. The van der Waals surface area contributed by atoms with Gasteiger partial charge in [-0.3, -0.25) is 9.59 Å². The van der Waals surface area contributed by atoms with Crippen LogP contribution in [-0.4, -0.2) is 78.1 Å². The third kappa shape index (κ3) is 9.17. The monoisotopic (exact) mass is 816 g/mol. The lowest BCUT2D eigenvalue weighted by molar-refractivity contribution is 0.102. The van der Waals surface area contributed by atoms with Crippen LogP contribution in [0.2, 0.25) is 10.0 Å². The minimum atomic E-state index is -0.194. The number of fused-ring (bicyclic) bond motifs is 2. The van der Waals surface area contributed by atoms with Crippen molar-refractivity contribution in [2.75, 3.05) is 66.7 Å². The molecule has 0 radical (unpaired) electrons. The van der Waals surface area contributed by atoms with E-state index in [4.69, 9.17) is 28.9 Å². The highest BCUT2D eigenvalue weighted by Gasteiger charge is 2.24. The second kappa shape index (κ2) is 18.0. The number of carbonyl (C=O) groups excluding carboxylic acids is 2. The van der Waals surface area contributed by atoms with E-state index in [2.05, 4.69) is 45.7 Å². The molecule has 16 heteroatoms. The van der Waals surface area contributed by atoms with E-state index in [0.717, 1.165) is 91.4 Å². The van der Waals surface area contributed by atoms with Crippen LogP contribution in [0.15, 0.2) is 72.2 Å². The molecule has 6 heterocycles. The Kier molecular flexibility index (Phi) is 12.7. The van der Waals surface area contributed by atoms with Gasteiger partial charge in [0.1, 0.15) is 12.7 Å². The average Bonchev–Trinajstić information content (AvgIpc) is 3.84. The Bertz CT molecular complexity index is 2270. The number of amides is 2. The number of thiophene rings is 2. The smallest absolute Gasteiger partial charge is 0.258 e. The lowest BCUT2D eigenvalue weighted by Crippen LogP contribution is -2.37. The maximum Gasteiger partial charge on any atom is 0.258 e. The molecule has 55 heavy (non-hydrogen) atoms. The number of aromatic nitrogens is 4. The third-order valence-electron chi connectivity index (χ3n) is 10.1. The Morgan fingerprint density at radius 3 is 1.64 bits per heavy atom. The number of halogens is 2. The number of nitrogens with zero attached hydrogens (tertiary/aromatic N) is 6. The van der Waals surface area contributed by atoms with Crippen molar-refractivity contribution in [3.63, 3.8) is 0 Å². The predicted molar refractivity (Wildman–Crippen MR) is 226 cm³/mol. The molecule has 6 aromatic rings. The molecular formula is C39H42Cl2N10O2S2. The minimum absolute atomic E-state index is 0.182. The molecule has 8 rings (SSSR count). The number of anilines is 4. The second-order valence-electron chi connectivity index (χ2n) is 13.7. The van der Waals surface area contributed by atoms with E-state index in [-0.39, 0.29) is 11.8 Å². The zero-order valence-electron chi connectivity index (χ0n) is 30.3. The Morgan fingerprint density at radius 1 is 0.745 bits per heavy atom. The van der Waals surface area contributed by atoms with Crippen LogP contribution >= 0.6 is 45.9 Å². The standard InChI is InChI=1S/C20H22ClN5OS.C19H20ClN5OS/c1-22-9-13-4-6-26(7-5-13)17-3-2-14(21)8-16(17)25-20(27)15-11-28-18-10-23-12-24-19(15)18;20-13-1-2-16(25-5-3-12(8-21)4-6-25)15(7-13)24-19(26)14-10-27-17-9-22-11-23-18(14)17/h2-3,8,10-13,22H,4-7,9H2,1H3,(H,25,27);1-2,7,9-12H,3-6,8,21H2,(H,24,26). The second-order valence-corrected chi connectivity index (χ2v) is 16.4. The molecule has 0 spiro atoms. The molecule has 2 fully saturated rings. The highest BCUT2D eigenvalue weighted by molar-refractivity contribution is 7.17. The predicted octanol–water partition coefficient (Wildman–Crippen LogP) is 7.80. The highest BCUT2D eigenvalue weighted by Crippen LogP contribution is 2.35. The third-order valence-corrected chi connectivity index (χ3v) is 12.4. The van der Waals surface area contributed by atoms with Gasteiger partial charge in [-0.2, -0.15) is 0 Å². The van der Waals surface area contributed by atoms with Crippen LogP contribution in [0.3, 0.4) is 0 Å². The largest absolute Gasteiger partial charge is 0.370 e. The normalized spacial score (nSPS) is 15.2. The molecule has 0 aliphatic carbocycles. The fraction of sp³-hybridized carbons (Fsp3) is 0.333. The van der Waals surface area contributed by atoms with E-state index in [0.29, 0.717) is 49.7 Å². The van der Waals surface area contributed by atoms with Crippen LogP contribution in [0.4, 0.5) is 22.7 Å². The topological polar surface area (TPSA) is 154 Å². The van der Waals surface area contributed by atoms with E-state index in [9.17, 15) is 9.59 Å². The first kappa shape index (κ1) is 38.8. The van der Waals surface area contributed by atoms with Crippen LogP contribution in [0.5, 0.6) is 0 Å². The van der Waals surface area contributed by atoms with Crippen LogP contribution in [-0.2, 0) is 0 Å². The first-order valence-electron chi connectivity index (χ1n) is 18.2. The average molecular weight is 818 g/mol. The summed E-state index contributed by atoms with van der Waals surface area (Å²) in [6, 6.07) is 11.3. The summed E-state index contributed by atoms with van der Waals surface area (Å²) in [5.41, 5.74) is 11.7. The molecule has 0 atom stereocenters. The maximum absolute atomic E-state index is 12.9. The van der Waals surface area contributed by atoms with Crippen molar-refractivity contribution in [3.8, 4) is 0 Å². The van der Waals surface area contributed by atoms with Gasteiger partial charge in [0.05, 0.1) is 54.3 Å². The SMILES string of the molecule is CNCC1CCN(c2ccc(Cl)cc2NC(=O)c2csc3cncnc23)CC1.NCC1CCN(c2ccc(Cl)cc2NC(=O)c2csc3cncnc23)CC1. The fourth-order valence-electron chi connectivity index (χ4n) is 7.11. The van der Waals surface area contributed by atoms with Crippen molar-refractivity contribution < 1.29 is 9.59 Å². The summed E-state index contributed by atoms with van der Waals surface area (Å²) < 4.78 is 1.78. The van der Waals surface area contributed by atoms with Gasteiger partial charge in [0.15, 0.2) is 0 Å². The lowest BCUT2D eigenvalue weighted by Gasteiger charge is -2.34. The molecule has 2 aliphatic rings. The minimum Gasteiger partial charge on any atom is -0.370 e. The molecule has 2 aromatic carbocycles. The summed E-state index contributed by atoms with van der Waals surface area (Å²) >= 11 is 15.3. The summed E-state index contributed by atoms with van der Waals surface area (Å²) in [5.74, 6) is 0.894. The van der Waals surface area contributed by atoms with Crippen LogP contribution in [0.1, 0.15) is 46.4 Å². The Hall–Kier alpha value is -4.44. The lowest BCUT2D eigenvalue weighted by atomic mass is 9.96. The van der Waals surface area contributed by atoms with E-state index in [1.165, 1.54) is 35.3 Å². The van der Waals surface area contributed by atoms with Crippen LogP contribution in [0, 0.1) is 11.8 Å². The Balaban J connectivity index is 0.000000169. The molecular weight excluding hydrogens is 776 g/mol. The van der Waals surface area contributed by atoms with Gasteiger partial charge < -0.3 is 31.5 Å². The first-order chi connectivity index (χ1) is 26.8. The van der Waals surface area contributed by atoms with Crippen molar-refractivity contribution in [1.29, 1.82) is 0 Å². The summed E-state index contributed by atoms with van der Waals surface area (Å²) in [6.45, 7) is 5.54. The van der Waals surface area contributed by atoms with Gasteiger partial charge in [-0.05, 0) is 94.1 Å². The molecule has 286 valence electrons.